The first-order valence-electron chi connectivity index (χ1n) is 2.54. The highest BCUT2D eigenvalue weighted by molar-refractivity contribution is 7.53. The Balaban J connectivity index is 2.52. The molecule has 2 atom stereocenters. The lowest BCUT2D eigenvalue weighted by Gasteiger charge is -2.09. The van der Waals surface area contributed by atoms with Gasteiger partial charge in [0.25, 0.3) is 0 Å². The molecule has 0 saturated carbocycles. The monoisotopic (exact) mass is 170 g/mol. The zero-order valence-corrected chi connectivity index (χ0v) is 6.54. The summed E-state index contributed by atoms with van der Waals surface area (Å²) < 4.78 is 15.2. The van der Waals surface area contributed by atoms with Crippen molar-refractivity contribution in [3.8, 4) is 0 Å². The maximum atomic E-state index is 10.4. The van der Waals surface area contributed by atoms with Crippen LogP contribution >= 0.6 is 16.4 Å². The van der Waals surface area contributed by atoms with Crippen molar-refractivity contribution in [2.45, 2.75) is 12.3 Å². The van der Waals surface area contributed by atoms with Crippen LogP contribution in [0.3, 0.4) is 0 Å². The Morgan fingerprint density at radius 3 is 2.56 bits per heavy atom. The topological polar surface area (TPSA) is 66.8 Å². The van der Waals surface area contributed by atoms with Crippen LogP contribution in [0.15, 0.2) is 0 Å². The van der Waals surface area contributed by atoms with Gasteiger partial charge in [-0.25, -0.2) is 0 Å². The first-order valence-corrected chi connectivity index (χ1v) is 5.34. The Morgan fingerprint density at radius 1 is 1.67 bits per heavy atom. The molecule has 2 unspecified atom stereocenters. The molecular formula is C3H8O4P2. The van der Waals surface area contributed by atoms with Crippen LogP contribution in [0.5, 0.6) is 0 Å². The van der Waals surface area contributed by atoms with Crippen LogP contribution in [0.2, 0.25) is 0 Å². The zero-order chi connectivity index (χ0) is 6.91. The molecule has 2 N–H and O–H groups in total. The van der Waals surface area contributed by atoms with E-state index in [9.17, 15) is 4.57 Å². The standard InChI is InChI=1S/C3H8O4P2/c4-9(5,6)3-1-2-8-7-3/h3,8H,1-2H2,(H2,4,5,6). The van der Waals surface area contributed by atoms with Crippen LogP contribution in [0, 0.1) is 0 Å². The third kappa shape index (κ3) is 1.99. The van der Waals surface area contributed by atoms with Crippen molar-refractivity contribution in [3.05, 3.63) is 0 Å². The van der Waals surface area contributed by atoms with Gasteiger partial charge in [-0.3, -0.25) is 4.57 Å². The molecule has 6 heteroatoms. The summed E-state index contributed by atoms with van der Waals surface area (Å²) in [6.45, 7) is 0. The van der Waals surface area contributed by atoms with Crippen molar-refractivity contribution in [1.82, 2.24) is 0 Å². The number of hydrogen-bond acceptors (Lipinski definition) is 2. The lowest BCUT2D eigenvalue weighted by Crippen LogP contribution is -2.03. The summed E-state index contributed by atoms with van der Waals surface area (Å²) in [5, 5.41) is 0. The van der Waals surface area contributed by atoms with Crippen molar-refractivity contribution in [1.29, 1.82) is 0 Å². The van der Waals surface area contributed by atoms with Gasteiger partial charge in [0.05, 0.1) is 0 Å². The molecule has 0 spiro atoms. The fourth-order valence-electron chi connectivity index (χ4n) is 0.633. The van der Waals surface area contributed by atoms with E-state index in [2.05, 4.69) is 0 Å². The second-order valence-corrected chi connectivity index (χ2v) is 4.62. The van der Waals surface area contributed by atoms with E-state index in [1.807, 2.05) is 0 Å². The molecule has 4 nitrogen and oxygen atoms in total. The van der Waals surface area contributed by atoms with Crippen molar-refractivity contribution < 1.29 is 18.9 Å². The molecule has 0 aromatic heterocycles. The van der Waals surface area contributed by atoms with Gasteiger partial charge in [0.15, 0.2) is 5.85 Å². The van der Waals surface area contributed by atoms with Gasteiger partial charge < -0.3 is 14.3 Å². The lowest BCUT2D eigenvalue weighted by atomic mass is 10.5. The summed E-state index contributed by atoms with van der Waals surface area (Å²) in [4.78, 5) is 17.0. The van der Waals surface area contributed by atoms with Crippen LogP contribution in [0.4, 0.5) is 0 Å². The normalized spacial score (nSPS) is 31.6. The van der Waals surface area contributed by atoms with E-state index in [1.54, 1.807) is 0 Å². The first-order chi connectivity index (χ1) is 4.11. The summed E-state index contributed by atoms with van der Waals surface area (Å²) in [6.07, 6.45) is 1.29. The summed E-state index contributed by atoms with van der Waals surface area (Å²) in [7, 11) is -3.66. The quantitative estimate of drug-likeness (QED) is 0.562. The molecule has 0 radical (unpaired) electrons. The molecule has 0 bridgehead atoms. The molecule has 0 amide bonds. The highest BCUT2D eigenvalue weighted by Crippen LogP contribution is 2.50. The summed E-state index contributed by atoms with van der Waals surface area (Å²) in [6, 6.07) is 0. The van der Waals surface area contributed by atoms with Gasteiger partial charge >= 0.3 is 7.60 Å². The van der Waals surface area contributed by atoms with Gasteiger partial charge in [0, 0.05) is 8.81 Å². The zero-order valence-electron chi connectivity index (χ0n) is 4.65. The predicted molar refractivity (Wildman–Crippen MR) is 34.7 cm³/mol. The minimum Gasteiger partial charge on any atom is -0.347 e. The van der Waals surface area contributed by atoms with E-state index < -0.39 is 13.4 Å². The Kier molecular flexibility index (Phi) is 2.25. The van der Waals surface area contributed by atoms with E-state index in [0.29, 0.717) is 6.42 Å². The minimum atomic E-state index is -3.93. The summed E-state index contributed by atoms with van der Waals surface area (Å²) in [5.41, 5.74) is 0. The second kappa shape index (κ2) is 2.65. The van der Waals surface area contributed by atoms with E-state index >= 15 is 0 Å². The van der Waals surface area contributed by atoms with E-state index in [0.717, 1.165) is 6.16 Å². The Labute approximate surface area is 54.6 Å². The van der Waals surface area contributed by atoms with Crippen LogP contribution in [-0.2, 0) is 9.09 Å². The predicted octanol–water partition coefficient (Wildman–Crippen LogP) is 0.504. The molecule has 0 aromatic rings. The van der Waals surface area contributed by atoms with Gasteiger partial charge in [0.1, 0.15) is 0 Å². The molecular weight excluding hydrogens is 162 g/mol. The van der Waals surface area contributed by atoms with Crippen LogP contribution < -0.4 is 0 Å². The molecule has 1 saturated heterocycles. The van der Waals surface area contributed by atoms with Crippen LogP contribution in [-0.4, -0.2) is 21.8 Å². The van der Waals surface area contributed by atoms with Crippen molar-refractivity contribution >= 4 is 16.4 Å². The summed E-state index contributed by atoms with van der Waals surface area (Å²) in [5.74, 6) is -0.809. The average Bonchev–Trinajstić information content (AvgIpc) is 2.08. The maximum absolute atomic E-state index is 10.4. The molecule has 1 rings (SSSR count). The molecule has 1 aliphatic heterocycles. The largest absolute Gasteiger partial charge is 0.354 e. The highest BCUT2D eigenvalue weighted by atomic mass is 31.2. The van der Waals surface area contributed by atoms with Gasteiger partial charge in [0.2, 0.25) is 0 Å². The molecule has 1 aliphatic rings. The van der Waals surface area contributed by atoms with Crippen molar-refractivity contribution in [3.63, 3.8) is 0 Å². The van der Waals surface area contributed by atoms with Crippen molar-refractivity contribution in [2.75, 3.05) is 6.16 Å². The smallest absolute Gasteiger partial charge is 0.347 e. The first kappa shape index (κ1) is 7.64. The lowest BCUT2D eigenvalue weighted by molar-refractivity contribution is 0.261. The summed E-state index contributed by atoms with van der Waals surface area (Å²) >= 11 is 0. The molecule has 0 aromatic carbocycles. The highest BCUT2D eigenvalue weighted by Gasteiger charge is 2.32. The Bertz CT molecular complexity index is 135. The maximum Gasteiger partial charge on any atom is 0.354 e. The van der Waals surface area contributed by atoms with Gasteiger partial charge in [-0.15, -0.1) is 0 Å². The number of hydrogen-bond donors (Lipinski definition) is 2. The van der Waals surface area contributed by atoms with Crippen molar-refractivity contribution in [2.24, 2.45) is 0 Å². The third-order valence-electron chi connectivity index (χ3n) is 1.09. The van der Waals surface area contributed by atoms with Gasteiger partial charge in [-0.2, -0.15) is 0 Å². The van der Waals surface area contributed by atoms with Crippen LogP contribution in [0.1, 0.15) is 6.42 Å². The molecule has 1 heterocycles. The second-order valence-electron chi connectivity index (χ2n) is 1.84. The van der Waals surface area contributed by atoms with Gasteiger partial charge in [-0.1, -0.05) is 0 Å². The number of rotatable bonds is 1. The Hall–Kier alpha value is 0.540. The Morgan fingerprint density at radius 2 is 2.33 bits per heavy atom. The van der Waals surface area contributed by atoms with Gasteiger partial charge in [-0.05, 0) is 12.6 Å². The van der Waals surface area contributed by atoms with Crippen LogP contribution in [0.25, 0.3) is 0 Å². The molecule has 54 valence electrons. The van der Waals surface area contributed by atoms with E-state index in [1.165, 1.54) is 0 Å². The minimum absolute atomic E-state index is 0.270. The third-order valence-corrected chi connectivity index (χ3v) is 3.34. The molecule has 0 aliphatic carbocycles. The fourth-order valence-corrected chi connectivity index (χ4v) is 2.92. The fraction of sp³-hybridized carbons (Fsp3) is 1.00. The molecule has 9 heavy (non-hydrogen) atoms. The van der Waals surface area contributed by atoms with E-state index in [4.69, 9.17) is 14.3 Å². The molecule has 1 fully saturated rings. The SMILES string of the molecule is O=P(O)(O)C1CCPO1. The van der Waals surface area contributed by atoms with E-state index in [-0.39, 0.29) is 8.81 Å². The average molecular weight is 170 g/mol.